The predicted octanol–water partition coefficient (Wildman–Crippen LogP) is 3.74. The Kier molecular flexibility index (Phi) is 5.43. The molecule has 1 amide bonds. The molecule has 0 spiro atoms. The average molecular weight is 427 g/mol. The maximum absolute atomic E-state index is 14.9. The van der Waals surface area contributed by atoms with Gasteiger partial charge in [-0.1, -0.05) is 11.8 Å². The second-order valence-electron chi connectivity index (χ2n) is 7.45. The van der Waals surface area contributed by atoms with Crippen molar-refractivity contribution in [3.63, 3.8) is 0 Å². The smallest absolute Gasteiger partial charge is 0.274 e. The lowest BCUT2D eigenvalue weighted by molar-refractivity contribution is 0.102. The fourth-order valence-corrected chi connectivity index (χ4v) is 5.12. The summed E-state index contributed by atoms with van der Waals surface area (Å²) in [6, 6.07) is 9.16. The van der Waals surface area contributed by atoms with E-state index in [0.717, 1.165) is 0 Å². The van der Waals surface area contributed by atoms with Crippen LogP contribution in [0, 0.1) is 23.1 Å². The molecule has 6 nitrogen and oxygen atoms in total. The number of thioether (sulfide) groups is 1. The van der Waals surface area contributed by atoms with Crippen LogP contribution in [-0.4, -0.2) is 28.0 Å². The molecule has 154 valence electrons. The number of alkyl halides is 1. The summed E-state index contributed by atoms with van der Waals surface area (Å²) in [5, 5.41) is 11.9. The van der Waals surface area contributed by atoms with Crippen LogP contribution in [0.4, 0.5) is 14.5 Å². The standard InChI is InChI=1S/C21H19F2N5OS/c22-14-5-6-21(13(7-14)11-30-20(25)28-21)16-8-15(2-3-17(16)23)27-19(29)18-4-1-12(9-24)10-26-18/h1-4,8,10,13-14H,5-7,11H2,(H2,25,28)(H,27,29)/t13-,14-,21-/m0/s1. The van der Waals surface area contributed by atoms with Crippen molar-refractivity contribution < 1.29 is 13.6 Å². The highest BCUT2D eigenvalue weighted by Crippen LogP contribution is 2.50. The van der Waals surface area contributed by atoms with Gasteiger partial charge in [-0.2, -0.15) is 5.26 Å². The zero-order chi connectivity index (χ0) is 21.3. The van der Waals surface area contributed by atoms with E-state index in [4.69, 9.17) is 11.0 Å². The molecule has 1 aromatic carbocycles. The minimum Gasteiger partial charge on any atom is -0.379 e. The predicted molar refractivity (Wildman–Crippen MR) is 111 cm³/mol. The molecule has 0 radical (unpaired) electrons. The average Bonchev–Trinajstić information content (AvgIpc) is 2.75. The number of amidine groups is 1. The quantitative estimate of drug-likeness (QED) is 0.777. The first-order valence-corrected chi connectivity index (χ1v) is 10.5. The number of anilines is 1. The SMILES string of the molecule is N#Cc1ccc(C(=O)Nc2ccc(F)c([C@]34CC[C@H](F)C[C@H]3CSC(N)=N4)c2)nc1. The largest absolute Gasteiger partial charge is 0.379 e. The third-order valence-electron chi connectivity index (χ3n) is 5.61. The van der Waals surface area contributed by atoms with E-state index in [1.165, 1.54) is 42.2 Å². The molecule has 3 atom stereocenters. The van der Waals surface area contributed by atoms with Gasteiger partial charge in [0.1, 0.15) is 23.8 Å². The Morgan fingerprint density at radius 3 is 2.93 bits per heavy atom. The molecule has 9 heteroatoms. The zero-order valence-corrected chi connectivity index (χ0v) is 16.8. The number of hydrogen-bond acceptors (Lipinski definition) is 6. The van der Waals surface area contributed by atoms with Crippen molar-refractivity contribution in [2.24, 2.45) is 16.6 Å². The van der Waals surface area contributed by atoms with Gasteiger partial charge in [0.05, 0.1) is 11.1 Å². The van der Waals surface area contributed by atoms with Crippen LogP contribution in [0.1, 0.15) is 40.9 Å². The number of halogens is 2. The highest BCUT2D eigenvalue weighted by molar-refractivity contribution is 8.13. The van der Waals surface area contributed by atoms with Crippen molar-refractivity contribution in [1.29, 1.82) is 5.26 Å². The minimum atomic E-state index is -0.938. The summed E-state index contributed by atoms with van der Waals surface area (Å²) in [7, 11) is 0. The van der Waals surface area contributed by atoms with Gasteiger partial charge in [-0.05, 0) is 49.6 Å². The Bertz CT molecular complexity index is 1050. The number of carbonyl (C=O) groups is 1. The van der Waals surface area contributed by atoms with Gasteiger partial charge >= 0.3 is 0 Å². The lowest BCUT2D eigenvalue weighted by Crippen LogP contribution is -2.45. The number of aliphatic imine (C=N–C) groups is 1. The lowest BCUT2D eigenvalue weighted by atomic mass is 9.69. The lowest BCUT2D eigenvalue weighted by Gasteiger charge is -2.45. The van der Waals surface area contributed by atoms with E-state index in [0.29, 0.717) is 40.6 Å². The van der Waals surface area contributed by atoms with Gasteiger partial charge in [-0.3, -0.25) is 9.79 Å². The Morgan fingerprint density at radius 2 is 2.20 bits per heavy atom. The molecule has 1 saturated carbocycles. The molecule has 1 aliphatic heterocycles. The van der Waals surface area contributed by atoms with Crippen LogP contribution in [-0.2, 0) is 5.54 Å². The number of aromatic nitrogens is 1. The Labute approximate surface area is 176 Å². The van der Waals surface area contributed by atoms with Crippen LogP contribution in [0.15, 0.2) is 41.5 Å². The van der Waals surface area contributed by atoms with Crippen LogP contribution in [0.25, 0.3) is 0 Å². The summed E-state index contributed by atoms with van der Waals surface area (Å²) < 4.78 is 29.0. The zero-order valence-electron chi connectivity index (χ0n) is 15.9. The van der Waals surface area contributed by atoms with Gasteiger partial charge < -0.3 is 11.1 Å². The summed E-state index contributed by atoms with van der Waals surface area (Å²) in [5.74, 6) is -0.559. The second kappa shape index (κ2) is 8.03. The number of hydrogen-bond donors (Lipinski definition) is 2. The molecule has 2 aliphatic rings. The van der Waals surface area contributed by atoms with Gasteiger partial charge in [0.15, 0.2) is 5.17 Å². The maximum Gasteiger partial charge on any atom is 0.274 e. The highest BCUT2D eigenvalue weighted by atomic mass is 32.2. The van der Waals surface area contributed by atoms with Gasteiger partial charge in [0, 0.05) is 29.1 Å². The molecule has 1 fully saturated rings. The van der Waals surface area contributed by atoms with Gasteiger partial charge in [-0.15, -0.1) is 0 Å². The van der Waals surface area contributed by atoms with Crippen molar-refractivity contribution in [2.75, 3.05) is 11.1 Å². The Morgan fingerprint density at radius 1 is 1.37 bits per heavy atom. The number of nitriles is 1. The monoisotopic (exact) mass is 427 g/mol. The molecule has 0 unspecified atom stereocenters. The summed E-state index contributed by atoms with van der Waals surface area (Å²) in [4.78, 5) is 21.1. The third kappa shape index (κ3) is 3.75. The number of amides is 1. The van der Waals surface area contributed by atoms with E-state index in [1.54, 1.807) is 6.07 Å². The molecule has 1 aromatic heterocycles. The first-order valence-electron chi connectivity index (χ1n) is 9.51. The molecular formula is C21H19F2N5OS. The molecule has 3 N–H and O–H groups in total. The molecule has 1 aliphatic carbocycles. The van der Waals surface area contributed by atoms with E-state index in [-0.39, 0.29) is 18.0 Å². The first-order chi connectivity index (χ1) is 14.4. The van der Waals surface area contributed by atoms with Crippen molar-refractivity contribution in [3.05, 3.63) is 59.2 Å². The number of nitrogens with two attached hydrogens (primary N) is 1. The summed E-state index contributed by atoms with van der Waals surface area (Å²) in [6.45, 7) is 0. The van der Waals surface area contributed by atoms with Crippen molar-refractivity contribution in [3.8, 4) is 6.07 Å². The fourth-order valence-electron chi connectivity index (χ4n) is 4.11. The summed E-state index contributed by atoms with van der Waals surface area (Å²) in [6.07, 6.45) is 1.30. The van der Waals surface area contributed by atoms with E-state index in [2.05, 4.69) is 15.3 Å². The van der Waals surface area contributed by atoms with Crippen LogP contribution in [0.3, 0.4) is 0 Å². The van der Waals surface area contributed by atoms with Crippen LogP contribution in [0.2, 0.25) is 0 Å². The molecule has 0 saturated heterocycles. The second-order valence-corrected chi connectivity index (χ2v) is 8.49. The first kappa shape index (κ1) is 20.3. The number of carbonyl (C=O) groups excluding carboxylic acids is 1. The number of fused-ring (bicyclic) bond motifs is 1. The molecule has 2 heterocycles. The molecular weight excluding hydrogens is 408 g/mol. The van der Waals surface area contributed by atoms with Crippen LogP contribution in [0.5, 0.6) is 0 Å². The van der Waals surface area contributed by atoms with Gasteiger partial charge in [0.2, 0.25) is 0 Å². The fraction of sp³-hybridized carbons (Fsp3) is 0.333. The topological polar surface area (TPSA) is 104 Å². The van der Waals surface area contributed by atoms with E-state index >= 15 is 0 Å². The van der Waals surface area contributed by atoms with Crippen molar-refractivity contribution in [1.82, 2.24) is 4.98 Å². The van der Waals surface area contributed by atoms with E-state index in [9.17, 15) is 13.6 Å². The normalized spacial score (nSPS) is 25.6. The number of nitrogens with one attached hydrogen (secondary N) is 1. The number of nitrogens with zero attached hydrogens (tertiary/aromatic N) is 3. The molecule has 0 bridgehead atoms. The number of rotatable bonds is 3. The summed E-state index contributed by atoms with van der Waals surface area (Å²) >= 11 is 1.36. The Hall–Kier alpha value is -2.99. The number of pyridine rings is 1. The van der Waals surface area contributed by atoms with Crippen molar-refractivity contribution >= 4 is 28.5 Å². The Balaban J connectivity index is 1.66. The van der Waals surface area contributed by atoms with Gasteiger partial charge in [-0.25, -0.2) is 13.8 Å². The van der Waals surface area contributed by atoms with Crippen molar-refractivity contribution in [2.45, 2.75) is 31.0 Å². The summed E-state index contributed by atoms with van der Waals surface area (Å²) in [5.41, 5.74) is 6.19. The molecule has 4 rings (SSSR count). The number of benzene rings is 1. The highest BCUT2D eigenvalue weighted by Gasteiger charge is 2.48. The molecule has 2 aromatic rings. The van der Waals surface area contributed by atoms with Gasteiger partial charge in [0.25, 0.3) is 5.91 Å². The van der Waals surface area contributed by atoms with Crippen LogP contribution < -0.4 is 11.1 Å². The third-order valence-corrected chi connectivity index (χ3v) is 6.57. The maximum atomic E-state index is 14.9. The molecule has 30 heavy (non-hydrogen) atoms. The van der Waals surface area contributed by atoms with E-state index < -0.39 is 23.4 Å². The minimum absolute atomic E-state index is 0.130. The van der Waals surface area contributed by atoms with Crippen LogP contribution >= 0.6 is 11.8 Å². The van der Waals surface area contributed by atoms with E-state index in [1.807, 2.05) is 6.07 Å².